The van der Waals surface area contributed by atoms with Gasteiger partial charge in [-0.25, -0.2) is 0 Å². The summed E-state index contributed by atoms with van der Waals surface area (Å²) >= 11 is 0. The second-order valence-corrected chi connectivity index (χ2v) is 3.36. The molecule has 0 saturated carbocycles. The maximum Gasteiger partial charge on any atom is 0.254 e. The van der Waals surface area contributed by atoms with Crippen LogP contribution in [-0.4, -0.2) is 17.1 Å². The van der Waals surface area contributed by atoms with E-state index in [9.17, 15) is 4.79 Å². The van der Waals surface area contributed by atoms with Crippen LogP contribution < -0.4 is 5.32 Å². The normalized spacial score (nSPS) is 17.9. The fraction of sp³-hybridized carbons (Fsp3) is 0.167. The smallest absolute Gasteiger partial charge is 0.254 e. The summed E-state index contributed by atoms with van der Waals surface area (Å²) < 4.78 is 1.69. The molecule has 0 saturated heterocycles. The number of hydrogen-bond acceptors (Lipinski definition) is 2. The van der Waals surface area contributed by atoms with E-state index in [4.69, 9.17) is 0 Å². The molecule has 2 aliphatic heterocycles. The first kappa shape index (κ1) is 10.5. The highest BCUT2D eigenvalue weighted by Crippen LogP contribution is 2.21. The Labute approximate surface area is 94.4 Å². The predicted molar refractivity (Wildman–Crippen MR) is 60.1 cm³/mol. The molecule has 0 atom stereocenters. The molecular formula is C12H13N3O+. The Hall–Kier alpha value is -1.97. The topological polar surface area (TPSA) is 44.5 Å². The van der Waals surface area contributed by atoms with Crippen molar-refractivity contribution in [2.24, 2.45) is 5.11 Å². The average Bonchev–Trinajstić information content (AvgIpc) is 2.76. The lowest BCUT2D eigenvalue weighted by atomic mass is 10.1. The Morgan fingerprint density at radius 3 is 3.31 bits per heavy atom. The third-order valence-corrected chi connectivity index (χ3v) is 2.30. The van der Waals surface area contributed by atoms with Gasteiger partial charge in [-0.2, -0.15) is 0 Å². The number of allylic oxidation sites excluding steroid dienone is 3. The highest BCUT2D eigenvalue weighted by atomic mass is 16.1. The van der Waals surface area contributed by atoms with Gasteiger partial charge in [0.15, 0.2) is 6.20 Å². The van der Waals surface area contributed by atoms with Crippen LogP contribution in [-0.2, 0) is 4.79 Å². The third-order valence-electron chi connectivity index (χ3n) is 2.30. The second-order valence-electron chi connectivity index (χ2n) is 3.36. The summed E-state index contributed by atoms with van der Waals surface area (Å²) in [6.45, 7) is 2.47. The number of amides is 1. The quantitative estimate of drug-likeness (QED) is 0.564. The van der Waals surface area contributed by atoms with Gasteiger partial charge in [-0.05, 0) is 18.1 Å². The zero-order valence-electron chi connectivity index (χ0n) is 9.05. The van der Waals surface area contributed by atoms with E-state index in [1.54, 1.807) is 17.3 Å². The largest absolute Gasteiger partial charge is 0.349 e. The van der Waals surface area contributed by atoms with Gasteiger partial charge >= 0.3 is 0 Å². The van der Waals surface area contributed by atoms with E-state index < -0.39 is 0 Å². The molecular weight excluding hydrogens is 202 g/mol. The van der Waals surface area contributed by atoms with Crippen molar-refractivity contribution < 1.29 is 9.49 Å². The van der Waals surface area contributed by atoms with Gasteiger partial charge in [-0.1, -0.05) is 16.8 Å². The molecule has 1 radical (unpaired) electrons. The van der Waals surface area contributed by atoms with Crippen LogP contribution in [0.5, 0.6) is 0 Å². The zero-order valence-corrected chi connectivity index (χ0v) is 9.05. The molecule has 81 valence electrons. The minimum absolute atomic E-state index is 0.0794. The SMILES string of the molecule is C/C=C/CNC(=O)C1=C2C=CN=[N+]2C=C[CH]1. The van der Waals surface area contributed by atoms with Crippen molar-refractivity contribution in [2.75, 3.05) is 6.54 Å². The number of fused-ring (bicyclic) bond motifs is 1. The molecule has 2 heterocycles. The Balaban J connectivity index is 2.12. The summed E-state index contributed by atoms with van der Waals surface area (Å²) in [5.41, 5.74) is 1.46. The van der Waals surface area contributed by atoms with E-state index >= 15 is 0 Å². The highest BCUT2D eigenvalue weighted by molar-refractivity contribution is 5.97. The van der Waals surface area contributed by atoms with Gasteiger partial charge in [-0.3, -0.25) is 4.79 Å². The van der Waals surface area contributed by atoms with Crippen molar-refractivity contribution in [3.8, 4) is 0 Å². The van der Waals surface area contributed by atoms with Crippen molar-refractivity contribution in [3.63, 3.8) is 0 Å². The summed E-state index contributed by atoms with van der Waals surface area (Å²) in [6, 6.07) is 0. The van der Waals surface area contributed by atoms with E-state index in [1.807, 2.05) is 37.4 Å². The maximum absolute atomic E-state index is 11.8. The number of carbonyl (C=O) groups excluding carboxylic acids is 1. The lowest BCUT2D eigenvalue weighted by Crippen LogP contribution is -2.27. The van der Waals surface area contributed by atoms with Gasteiger partial charge in [0.05, 0.1) is 5.57 Å². The molecule has 2 aliphatic rings. The Bertz CT molecular complexity index is 453. The Morgan fingerprint density at radius 1 is 1.62 bits per heavy atom. The standard InChI is InChI=1S/C12H12N3O/c1-2-3-7-13-12(16)10-5-4-9-15-11(10)6-8-14-15/h2-6,8-9H,7H2,1H3/p+1/b3-2+. The van der Waals surface area contributed by atoms with Gasteiger partial charge in [0.1, 0.15) is 6.20 Å². The molecule has 0 aromatic carbocycles. The molecule has 0 aromatic heterocycles. The van der Waals surface area contributed by atoms with Crippen LogP contribution in [0.4, 0.5) is 0 Å². The number of rotatable bonds is 3. The van der Waals surface area contributed by atoms with Crippen molar-refractivity contribution >= 4 is 5.91 Å². The number of azo groups is 2. The lowest BCUT2D eigenvalue weighted by Gasteiger charge is -2.07. The molecule has 1 N–H and O–H groups in total. The first-order valence-corrected chi connectivity index (χ1v) is 5.14. The third kappa shape index (κ3) is 2.00. The van der Waals surface area contributed by atoms with E-state index in [0.717, 1.165) is 5.70 Å². The predicted octanol–water partition coefficient (Wildman–Crippen LogP) is 1.66. The summed E-state index contributed by atoms with van der Waals surface area (Å²) in [5.74, 6) is -0.0794. The average molecular weight is 215 g/mol. The molecule has 0 aromatic rings. The molecule has 0 fully saturated rings. The van der Waals surface area contributed by atoms with Gasteiger partial charge in [-0.15, -0.1) is 0 Å². The fourth-order valence-corrected chi connectivity index (χ4v) is 1.51. The molecule has 16 heavy (non-hydrogen) atoms. The van der Waals surface area contributed by atoms with Crippen molar-refractivity contribution in [1.82, 2.24) is 5.32 Å². The summed E-state index contributed by atoms with van der Waals surface area (Å²) in [4.78, 5) is 11.8. The maximum atomic E-state index is 11.8. The second kappa shape index (κ2) is 4.70. The highest BCUT2D eigenvalue weighted by Gasteiger charge is 2.27. The van der Waals surface area contributed by atoms with Crippen LogP contribution in [0.15, 0.2) is 53.1 Å². The van der Waals surface area contributed by atoms with Crippen LogP contribution >= 0.6 is 0 Å². The molecule has 4 heteroatoms. The Morgan fingerprint density at radius 2 is 2.50 bits per heavy atom. The monoisotopic (exact) mass is 215 g/mol. The lowest BCUT2D eigenvalue weighted by molar-refractivity contribution is -0.464. The number of nitrogens with one attached hydrogen (secondary N) is 1. The van der Waals surface area contributed by atoms with Gasteiger partial charge in [0.2, 0.25) is 5.70 Å². The fourth-order valence-electron chi connectivity index (χ4n) is 1.51. The molecule has 0 unspecified atom stereocenters. The van der Waals surface area contributed by atoms with Crippen LogP contribution in [0.25, 0.3) is 0 Å². The van der Waals surface area contributed by atoms with E-state index in [-0.39, 0.29) is 5.91 Å². The van der Waals surface area contributed by atoms with Crippen LogP contribution in [0, 0.1) is 6.42 Å². The molecule has 0 spiro atoms. The zero-order chi connectivity index (χ0) is 11.4. The molecule has 2 rings (SSSR count). The molecule has 0 aliphatic carbocycles. The van der Waals surface area contributed by atoms with E-state index in [0.29, 0.717) is 12.1 Å². The first-order valence-electron chi connectivity index (χ1n) is 5.14. The van der Waals surface area contributed by atoms with Gasteiger partial charge in [0.25, 0.3) is 5.91 Å². The minimum atomic E-state index is -0.0794. The number of nitrogens with zero attached hydrogens (tertiary/aromatic N) is 2. The molecule has 4 nitrogen and oxygen atoms in total. The van der Waals surface area contributed by atoms with E-state index in [1.165, 1.54) is 0 Å². The first-order chi connectivity index (χ1) is 7.83. The van der Waals surface area contributed by atoms with Gasteiger partial charge < -0.3 is 5.32 Å². The number of hydrogen-bond donors (Lipinski definition) is 1. The van der Waals surface area contributed by atoms with E-state index in [2.05, 4.69) is 10.4 Å². The van der Waals surface area contributed by atoms with Crippen LogP contribution in [0.2, 0.25) is 0 Å². The van der Waals surface area contributed by atoms with Crippen molar-refractivity contribution in [2.45, 2.75) is 6.92 Å². The summed E-state index contributed by atoms with van der Waals surface area (Å²) in [6.07, 6.45) is 12.7. The molecule has 1 amide bonds. The van der Waals surface area contributed by atoms with Crippen LogP contribution in [0.3, 0.4) is 0 Å². The van der Waals surface area contributed by atoms with Gasteiger partial charge in [0, 0.05) is 19.0 Å². The van der Waals surface area contributed by atoms with Crippen molar-refractivity contribution in [3.05, 3.63) is 54.4 Å². The summed E-state index contributed by atoms with van der Waals surface area (Å²) in [5, 5.41) is 6.90. The number of carbonyl (C=O) groups is 1. The molecule has 0 bridgehead atoms. The Kier molecular flexibility index (Phi) is 3.10. The summed E-state index contributed by atoms with van der Waals surface area (Å²) in [7, 11) is 0. The van der Waals surface area contributed by atoms with Crippen molar-refractivity contribution in [1.29, 1.82) is 0 Å². The van der Waals surface area contributed by atoms with Crippen LogP contribution in [0.1, 0.15) is 6.92 Å². The minimum Gasteiger partial charge on any atom is -0.349 e.